The van der Waals surface area contributed by atoms with E-state index >= 15 is 0 Å². The monoisotopic (exact) mass is 279 g/mol. The Morgan fingerprint density at radius 3 is 2.75 bits per heavy atom. The molecule has 1 aromatic carbocycles. The normalized spacial score (nSPS) is 16.9. The second-order valence-corrected chi connectivity index (χ2v) is 5.48. The fourth-order valence-electron chi connectivity index (χ4n) is 2.88. The molecular formula is C17H23F2N. The molecule has 1 unspecified atom stereocenters. The molecule has 0 bridgehead atoms. The lowest BCUT2D eigenvalue weighted by atomic mass is 9.91. The predicted octanol–water partition coefficient (Wildman–Crippen LogP) is 4.38. The van der Waals surface area contributed by atoms with Crippen LogP contribution in [0.5, 0.6) is 0 Å². The van der Waals surface area contributed by atoms with Crippen molar-refractivity contribution in [3.8, 4) is 0 Å². The van der Waals surface area contributed by atoms with Gasteiger partial charge in [-0.15, -0.1) is 0 Å². The minimum atomic E-state index is -0.755. The zero-order chi connectivity index (χ0) is 14.4. The highest BCUT2D eigenvalue weighted by Gasteiger charge is 2.16. The molecule has 2 rings (SSSR count). The number of nitrogens with one attached hydrogen (secondary N) is 1. The van der Waals surface area contributed by atoms with Gasteiger partial charge in [0, 0.05) is 6.04 Å². The van der Waals surface area contributed by atoms with Gasteiger partial charge in [-0.1, -0.05) is 30.7 Å². The van der Waals surface area contributed by atoms with E-state index in [1.54, 1.807) is 12.1 Å². The molecule has 0 saturated carbocycles. The third kappa shape index (κ3) is 4.14. The van der Waals surface area contributed by atoms with E-state index in [4.69, 9.17) is 0 Å². The van der Waals surface area contributed by atoms with E-state index in [1.165, 1.54) is 24.5 Å². The van der Waals surface area contributed by atoms with Crippen molar-refractivity contribution < 1.29 is 8.78 Å². The molecule has 0 aliphatic heterocycles. The summed E-state index contributed by atoms with van der Waals surface area (Å²) in [4.78, 5) is 0. The summed E-state index contributed by atoms with van der Waals surface area (Å²) < 4.78 is 27.0. The van der Waals surface area contributed by atoms with Crippen molar-refractivity contribution in [1.82, 2.24) is 5.32 Å². The minimum Gasteiger partial charge on any atom is -0.314 e. The lowest BCUT2D eigenvalue weighted by Gasteiger charge is -2.22. The Balaban J connectivity index is 2.04. The Morgan fingerprint density at radius 2 is 2.05 bits per heavy atom. The van der Waals surface area contributed by atoms with E-state index in [0.717, 1.165) is 25.8 Å². The number of allylic oxidation sites excluding steroid dienone is 1. The fraction of sp³-hybridized carbons (Fsp3) is 0.529. The molecule has 20 heavy (non-hydrogen) atoms. The molecule has 1 aromatic rings. The van der Waals surface area contributed by atoms with Crippen molar-refractivity contribution in [3.63, 3.8) is 0 Å². The SMILES string of the molecule is CCNC(CC1=CCCCC1)Cc1cccc(F)c1F. The molecule has 0 saturated heterocycles. The van der Waals surface area contributed by atoms with E-state index in [9.17, 15) is 8.78 Å². The van der Waals surface area contributed by atoms with Gasteiger partial charge in [-0.3, -0.25) is 0 Å². The van der Waals surface area contributed by atoms with Crippen molar-refractivity contribution in [2.45, 2.75) is 51.5 Å². The zero-order valence-corrected chi connectivity index (χ0v) is 12.1. The highest BCUT2D eigenvalue weighted by Crippen LogP contribution is 2.23. The lowest BCUT2D eigenvalue weighted by Crippen LogP contribution is -2.32. The van der Waals surface area contributed by atoms with Gasteiger partial charge in [-0.25, -0.2) is 8.78 Å². The van der Waals surface area contributed by atoms with Gasteiger partial charge in [0.15, 0.2) is 11.6 Å². The van der Waals surface area contributed by atoms with Crippen LogP contribution in [-0.4, -0.2) is 12.6 Å². The van der Waals surface area contributed by atoms with E-state index in [2.05, 4.69) is 11.4 Å². The van der Waals surface area contributed by atoms with Crippen LogP contribution in [0.4, 0.5) is 8.78 Å². The van der Waals surface area contributed by atoms with E-state index in [0.29, 0.717) is 12.0 Å². The summed E-state index contributed by atoms with van der Waals surface area (Å²) >= 11 is 0. The summed E-state index contributed by atoms with van der Waals surface area (Å²) in [6, 6.07) is 4.61. The molecular weight excluding hydrogens is 256 g/mol. The Labute approximate surface area is 120 Å². The predicted molar refractivity (Wildman–Crippen MR) is 78.7 cm³/mol. The number of rotatable bonds is 6. The fourth-order valence-corrected chi connectivity index (χ4v) is 2.88. The molecule has 0 aromatic heterocycles. The van der Waals surface area contributed by atoms with Gasteiger partial charge in [-0.2, -0.15) is 0 Å². The van der Waals surface area contributed by atoms with Crippen molar-refractivity contribution in [2.24, 2.45) is 0 Å². The van der Waals surface area contributed by atoms with E-state index in [-0.39, 0.29) is 6.04 Å². The number of benzene rings is 1. The maximum absolute atomic E-state index is 13.8. The maximum Gasteiger partial charge on any atom is 0.162 e. The molecule has 0 heterocycles. The summed E-state index contributed by atoms with van der Waals surface area (Å²) in [7, 11) is 0. The van der Waals surface area contributed by atoms with E-state index < -0.39 is 11.6 Å². The molecule has 3 heteroatoms. The topological polar surface area (TPSA) is 12.0 Å². The first-order valence-electron chi connectivity index (χ1n) is 7.55. The van der Waals surface area contributed by atoms with Crippen LogP contribution in [0, 0.1) is 11.6 Å². The van der Waals surface area contributed by atoms with Crippen molar-refractivity contribution >= 4 is 0 Å². The second-order valence-electron chi connectivity index (χ2n) is 5.48. The van der Waals surface area contributed by atoms with Crippen LogP contribution in [0.25, 0.3) is 0 Å². The molecule has 0 fully saturated rings. The maximum atomic E-state index is 13.8. The Morgan fingerprint density at radius 1 is 1.20 bits per heavy atom. The van der Waals surface area contributed by atoms with Crippen LogP contribution >= 0.6 is 0 Å². The Hall–Kier alpha value is -1.22. The third-order valence-corrected chi connectivity index (χ3v) is 3.88. The van der Waals surface area contributed by atoms with Gasteiger partial charge >= 0.3 is 0 Å². The van der Waals surface area contributed by atoms with Gasteiger partial charge < -0.3 is 5.32 Å². The van der Waals surface area contributed by atoms with Gasteiger partial charge in [0.2, 0.25) is 0 Å². The highest BCUT2D eigenvalue weighted by atomic mass is 19.2. The largest absolute Gasteiger partial charge is 0.314 e. The second kappa shape index (κ2) is 7.53. The van der Waals surface area contributed by atoms with Crippen molar-refractivity contribution in [3.05, 3.63) is 47.0 Å². The highest BCUT2D eigenvalue weighted by molar-refractivity contribution is 5.21. The molecule has 1 atom stereocenters. The molecule has 0 spiro atoms. The Bertz CT molecular complexity index is 468. The minimum absolute atomic E-state index is 0.181. The summed E-state index contributed by atoms with van der Waals surface area (Å²) in [5.41, 5.74) is 1.92. The Kier molecular flexibility index (Phi) is 5.72. The van der Waals surface area contributed by atoms with Crippen LogP contribution in [-0.2, 0) is 6.42 Å². The molecule has 1 nitrogen and oxygen atoms in total. The molecule has 1 aliphatic carbocycles. The summed E-state index contributed by atoms with van der Waals surface area (Å²) in [6.07, 6.45) is 8.61. The average molecular weight is 279 g/mol. The molecule has 0 radical (unpaired) electrons. The molecule has 1 aliphatic rings. The van der Waals surface area contributed by atoms with Crippen molar-refractivity contribution in [1.29, 1.82) is 0 Å². The van der Waals surface area contributed by atoms with Gasteiger partial charge in [0.25, 0.3) is 0 Å². The zero-order valence-electron chi connectivity index (χ0n) is 12.1. The first-order valence-corrected chi connectivity index (χ1v) is 7.55. The number of likely N-dealkylation sites (N-methyl/N-ethyl adjacent to an activating group) is 1. The number of hydrogen-bond acceptors (Lipinski definition) is 1. The van der Waals surface area contributed by atoms with Gasteiger partial charge in [0.05, 0.1) is 0 Å². The molecule has 1 N–H and O–H groups in total. The summed E-state index contributed by atoms with van der Waals surface area (Å²) in [5, 5.41) is 3.40. The first kappa shape index (κ1) is 15.2. The van der Waals surface area contributed by atoms with Gasteiger partial charge in [-0.05, 0) is 56.7 Å². The van der Waals surface area contributed by atoms with Crippen LogP contribution in [0.2, 0.25) is 0 Å². The standard InChI is InChI=1S/C17H23F2N/c1-2-20-15(11-13-7-4-3-5-8-13)12-14-9-6-10-16(18)17(14)19/h6-7,9-10,15,20H,2-5,8,11-12H2,1H3. The van der Waals surface area contributed by atoms with Crippen LogP contribution < -0.4 is 5.32 Å². The molecule has 0 amide bonds. The first-order chi connectivity index (χ1) is 9.70. The van der Waals surface area contributed by atoms with Crippen molar-refractivity contribution in [2.75, 3.05) is 6.54 Å². The molecule has 110 valence electrons. The summed E-state index contributed by atoms with van der Waals surface area (Å²) in [5.74, 6) is -1.46. The average Bonchev–Trinajstić information content (AvgIpc) is 2.45. The van der Waals surface area contributed by atoms with Crippen LogP contribution in [0.1, 0.15) is 44.6 Å². The van der Waals surface area contributed by atoms with Crippen LogP contribution in [0.3, 0.4) is 0 Å². The lowest BCUT2D eigenvalue weighted by molar-refractivity contribution is 0.468. The number of hydrogen-bond donors (Lipinski definition) is 1. The van der Waals surface area contributed by atoms with E-state index in [1.807, 2.05) is 6.92 Å². The third-order valence-electron chi connectivity index (χ3n) is 3.88. The smallest absolute Gasteiger partial charge is 0.162 e. The van der Waals surface area contributed by atoms with Crippen LogP contribution in [0.15, 0.2) is 29.8 Å². The number of halogens is 2. The van der Waals surface area contributed by atoms with Gasteiger partial charge in [0.1, 0.15) is 0 Å². The quantitative estimate of drug-likeness (QED) is 0.762. The summed E-state index contributed by atoms with van der Waals surface area (Å²) in [6.45, 7) is 2.89.